The minimum Gasteiger partial charge on any atom is -0.344 e. The van der Waals surface area contributed by atoms with Crippen molar-refractivity contribution in [3.05, 3.63) is 18.0 Å². The van der Waals surface area contributed by atoms with Crippen molar-refractivity contribution in [1.82, 2.24) is 15.3 Å². The highest BCUT2D eigenvalue weighted by atomic mass is 15.2. The lowest BCUT2D eigenvalue weighted by molar-refractivity contribution is 0.665. The Hall–Kier alpha value is -1.16. The molecule has 1 rings (SSSR count). The second-order valence-electron chi connectivity index (χ2n) is 3.79. The number of aryl methyl sites for hydroxylation is 1. The SMILES string of the molecule is CNCCCCN(C)c1ncc(C)cn1. The fourth-order valence-corrected chi connectivity index (χ4v) is 1.33. The Morgan fingerprint density at radius 3 is 2.53 bits per heavy atom. The predicted molar refractivity (Wildman–Crippen MR) is 63.2 cm³/mol. The average molecular weight is 208 g/mol. The topological polar surface area (TPSA) is 41.0 Å². The molecule has 15 heavy (non-hydrogen) atoms. The molecule has 1 aromatic rings. The molecule has 0 spiro atoms. The number of anilines is 1. The summed E-state index contributed by atoms with van der Waals surface area (Å²) in [5.41, 5.74) is 1.10. The highest BCUT2D eigenvalue weighted by Gasteiger charge is 2.02. The maximum Gasteiger partial charge on any atom is 0.224 e. The second-order valence-corrected chi connectivity index (χ2v) is 3.79. The van der Waals surface area contributed by atoms with Crippen molar-refractivity contribution in [2.24, 2.45) is 0 Å². The average Bonchev–Trinajstić information content (AvgIpc) is 2.25. The van der Waals surface area contributed by atoms with Gasteiger partial charge in [0.15, 0.2) is 0 Å². The highest BCUT2D eigenvalue weighted by Crippen LogP contribution is 2.05. The fraction of sp³-hybridized carbons (Fsp3) is 0.636. The summed E-state index contributed by atoms with van der Waals surface area (Å²) in [6, 6.07) is 0. The van der Waals surface area contributed by atoms with Gasteiger partial charge < -0.3 is 10.2 Å². The monoisotopic (exact) mass is 208 g/mol. The molecule has 1 heterocycles. The lowest BCUT2D eigenvalue weighted by Crippen LogP contribution is -2.21. The van der Waals surface area contributed by atoms with Crippen molar-refractivity contribution in [1.29, 1.82) is 0 Å². The number of nitrogens with one attached hydrogen (secondary N) is 1. The van der Waals surface area contributed by atoms with Gasteiger partial charge in [-0.05, 0) is 38.9 Å². The molecule has 0 amide bonds. The Labute approximate surface area is 91.7 Å². The van der Waals surface area contributed by atoms with Crippen LogP contribution in [0.2, 0.25) is 0 Å². The minimum absolute atomic E-state index is 0.810. The molecule has 0 aromatic carbocycles. The largest absolute Gasteiger partial charge is 0.344 e. The molecule has 0 fully saturated rings. The molecule has 4 nitrogen and oxygen atoms in total. The zero-order chi connectivity index (χ0) is 11.1. The minimum atomic E-state index is 0.810. The third-order valence-corrected chi connectivity index (χ3v) is 2.28. The molecule has 1 N–H and O–H groups in total. The zero-order valence-corrected chi connectivity index (χ0v) is 9.82. The molecule has 84 valence electrons. The van der Waals surface area contributed by atoms with Crippen LogP contribution in [0, 0.1) is 6.92 Å². The molecule has 0 unspecified atom stereocenters. The van der Waals surface area contributed by atoms with Gasteiger partial charge in [0.1, 0.15) is 0 Å². The Kier molecular flexibility index (Phi) is 5.04. The zero-order valence-electron chi connectivity index (χ0n) is 9.82. The van der Waals surface area contributed by atoms with Gasteiger partial charge in [0.25, 0.3) is 0 Å². The van der Waals surface area contributed by atoms with Crippen LogP contribution in [-0.4, -0.2) is 37.2 Å². The summed E-state index contributed by atoms with van der Waals surface area (Å²) < 4.78 is 0. The van der Waals surface area contributed by atoms with E-state index in [9.17, 15) is 0 Å². The Bertz CT molecular complexity index is 270. The molecule has 0 saturated heterocycles. The first-order valence-electron chi connectivity index (χ1n) is 5.38. The number of unbranched alkanes of at least 4 members (excludes halogenated alkanes) is 1. The van der Waals surface area contributed by atoms with Crippen molar-refractivity contribution in [2.75, 3.05) is 32.1 Å². The maximum atomic E-state index is 4.28. The molecule has 1 aromatic heterocycles. The number of hydrogen-bond acceptors (Lipinski definition) is 4. The van der Waals surface area contributed by atoms with E-state index in [4.69, 9.17) is 0 Å². The molecule has 0 aliphatic rings. The lowest BCUT2D eigenvalue weighted by Gasteiger charge is -2.16. The van der Waals surface area contributed by atoms with Gasteiger partial charge in [-0.1, -0.05) is 0 Å². The van der Waals surface area contributed by atoms with Crippen LogP contribution < -0.4 is 10.2 Å². The van der Waals surface area contributed by atoms with Crippen molar-refractivity contribution in [2.45, 2.75) is 19.8 Å². The third-order valence-electron chi connectivity index (χ3n) is 2.28. The van der Waals surface area contributed by atoms with E-state index in [2.05, 4.69) is 20.2 Å². The van der Waals surface area contributed by atoms with E-state index in [1.807, 2.05) is 33.4 Å². The van der Waals surface area contributed by atoms with Crippen LogP contribution in [0.4, 0.5) is 5.95 Å². The van der Waals surface area contributed by atoms with Crippen molar-refractivity contribution in [3.63, 3.8) is 0 Å². The number of nitrogens with zero attached hydrogens (tertiary/aromatic N) is 3. The van der Waals surface area contributed by atoms with Crippen LogP contribution in [0.3, 0.4) is 0 Å². The molecule has 4 heteroatoms. The molecule has 0 atom stereocenters. The first-order valence-corrected chi connectivity index (χ1v) is 5.38. The lowest BCUT2D eigenvalue weighted by atomic mass is 10.3. The van der Waals surface area contributed by atoms with Crippen LogP contribution in [0.5, 0.6) is 0 Å². The summed E-state index contributed by atoms with van der Waals surface area (Å²) in [5, 5.41) is 3.14. The summed E-state index contributed by atoms with van der Waals surface area (Å²) >= 11 is 0. The standard InChI is InChI=1S/C11H20N4/c1-10-8-13-11(14-9-10)15(3)7-5-4-6-12-2/h8-9,12H,4-7H2,1-3H3. The van der Waals surface area contributed by atoms with E-state index >= 15 is 0 Å². The molecular weight excluding hydrogens is 188 g/mol. The maximum absolute atomic E-state index is 4.28. The first kappa shape index (κ1) is 11.9. The third kappa shape index (κ3) is 4.25. The Morgan fingerprint density at radius 2 is 1.93 bits per heavy atom. The van der Waals surface area contributed by atoms with E-state index in [0.717, 1.165) is 31.0 Å². The van der Waals surface area contributed by atoms with Crippen LogP contribution in [-0.2, 0) is 0 Å². The number of hydrogen-bond donors (Lipinski definition) is 1. The molecule has 0 aliphatic heterocycles. The van der Waals surface area contributed by atoms with Gasteiger partial charge in [-0.3, -0.25) is 0 Å². The van der Waals surface area contributed by atoms with E-state index in [0.29, 0.717) is 0 Å². The van der Waals surface area contributed by atoms with Crippen LogP contribution in [0.25, 0.3) is 0 Å². The van der Waals surface area contributed by atoms with Crippen LogP contribution in [0.15, 0.2) is 12.4 Å². The summed E-state index contributed by atoms with van der Waals surface area (Å²) in [6.45, 7) is 4.07. The van der Waals surface area contributed by atoms with Gasteiger partial charge in [0, 0.05) is 26.0 Å². The molecule has 0 saturated carbocycles. The van der Waals surface area contributed by atoms with Gasteiger partial charge in [-0.15, -0.1) is 0 Å². The van der Waals surface area contributed by atoms with Crippen molar-refractivity contribution >= 4 is 5.95 Å². The van der Waals surface area contributed by atoms with Gasteiger partial charge in [-0.2, -0.15) is 0 Å². The first-order chi connectivity index (χ1) is 7.24. The van der Waals surface area contributed by atoms with Crippen LogP contribution >= 0.6 is 0 Å². The summed E-state index contributed by atoms with van der Waals surface area (Å²) in [7, 11) is 4.01. The second kappa shape index (κ2) is 6.35. The van der Waals surface area contributed by atoms with Crippen molar-refractivity contribution < 1.29 is 0 Å². The van der Waals surface area contributed by atoms with Crippen LogP contribution in [0.1, 0.15) is 18.4 Å². The van der Waals surface area contributed by atoms with Gasteiger partial charge in [0.05, 0.1) is 0 Å². The van der Waals surface area contributed by atoms with E-state index in [-0.39, 0.29) is 0 Å². The molecule has 0 radical (unpaired) electrons. The Morgan fingerprint density at radius 1 is 1.27 bits per heavy atom. The fourth-order valence-electron chi connectivity index (χ4n) is 1.33. The predicted octanol–water partition coefficient (Wildman–Crippen LogP) is 1.22. The molecule has 0 aliphatic carbocycles. The normalized spacial score (nSPS) is 10.3. The van der Waals surface area contributed by atoms with E-state index in [1.165, 1.54) is 6.42 Å². The van der Waals surface area contributed by atoms with Crippen molar-refractivity contribution in [3.8, 4) is 0 Å². The summed E-state index contributed by atoms with van der Waals surface area (Å²) in [6.07, 6.45) is 6.06. The summed E-state index contributed by atoms with van der Waals surface area (Å²) in [4.78, 5) is 10.6. The highest BCUT2D eigenvalue weighted by molar-refractivity contribution is 5.27. The van der Waals surface area contributed by atoms with E-state index in [1.54, 1.807) is 0 Å². The van der Waals surface area contributed by atoms with Gasteiger partial charge in [-0.25, -0.2) is 9.97 Å². The number of aromatic nitrogens is 2. The molecular formula is C11H20N4. The smallest absolute Gasteiger partial charge is 0.224 e. The quantitative estimate of drug-likeness (QED) is 0.714. The van der Waals surface area contributed by atoms with E-state index < -0.39 is 0 Å². The summed E-state index contributed by atoms with van der Waals surface area (Å²) in [5.74, 6) is 0.810. The number of rotatable bonds is 6. The van der Waals surface area contributed by atoms with Gasteiger partial charge in [0.2, 0.25) is 5.95 Å². The molecule has 0 bridgehead atoms. The Balaban J connectivity index is 2.33. The van der Waals surface area contributed by atoms with Gasteiger partial charge >= 0.3 is 0 Å².